The number of carbonyl (C=O) groups excluding carboxylic acids is 2. The third kappa shape index (κ3) is 5.84. The molecular weight excluding hydrogens is 336 g/mol. The van der Waals surface area contributed by atoms with Crippen molar-refractivity contribution in [2.45, 2.75) is 32.1 Å². The minimum absolute atomic E-state index is 0.0304. The highest BCUT2D eigenvalue weighted by Crippen LogP contribution is 2.18. The molecule has 1 aliphatic rings. The molecule has 0 saturated carbocycles. The van der Waals surface area contributed by atoms with Gasteiger partial charge in [0.15, 0.2) is 0 Å². The molecule has 142 valence electrons. The average Bonchev–Trinajstić information content (AvgIpc) is 2.67. The molecule has 1 heterocycles. The topological polar surface area (TPSA) is 87.2 Å². The maximum Gasteiger partial charge on any atom is 0.323 e. The highest BCUT2D eigenvalue weighted by molar-refractivity contribution is 5.83. The molecule has 7 nitrogen and oxygen atoms in total. The summed E-state index contributed by atoms with van der Waals surface area (Å²) in [6.45, 7) is 2.30. The Bertz CT molecular complexity index is 620. The summed E-state index contributed by atoms with van der Waals surface area (Å²) in [7, 11) is 0. The number of ether oxygens (including phenoxy) is 1. The van der Waals surface area contributed by atoms with E-state index in [9.17, 15) is 14.4 Å². The van der Waals surface area contributed by atoms with Crippen LogP contribution in [0.5, 0.6) is 0 Å². The Balaban J connectivity index is 2.00. The second-order valence-corrected chi connectivity index (χ2v) is 6.48. The van der Waals surface area contributed by atoms with Crippen molar-refractivity contribution in [2.24, 2.45) is 0 Å². The lowest BCUT2D eigenvalue weighted by Crippen LogP contribution is -2.40. The SMILES string of the molecule is CC(C(=O)N1CCCCCN(CC(=O)O)C(=O)COC1)c1ccccc1. The van der Waals surface area contributed by atoms with Crippen molar-refractivity contribution in [3.05, 3.63) is 35.9 Å². The second kappa shape index (κ2) is 9.91. The zero-order chi connectivity index (χ0) is 18.9. The fourth-order valence-corrected chi connectivity index (χ4v) is 2.97. The van der Waals surface area contributed by atoms with E-state index in [0.717, 1.165) is 18.4 Å². The van der Waals surface area contributed by atoms with Crippen molar-refractivity contribution in [1.29, 1.82) is 0 Å². The first-order chi connectivity index (χ1) is 12.5. The number of hydrogen-bond acceptors (Lipinski definition) is 4. The molecular formula is C19H26N2O5. The lowest BCUT2D eigenvalue weighted by Gasteiger charge is -2.25. The summed E-state index contributed by atoms with van der Waals surface area (Å²) in [5, 5.41) is 8.92. The third-order valence-corrected chi connectivity index (χ3v) is 4.49. The van der Waals surface area contributed by atoms with Crippen LogP contribution in [0.4, 0.5) is 0 Å². The predicted molar refractivity (Wildman–Crippen MR) is 95.5 cm³/mol. The van der Waals surface area contributed by atoms with Gasteiger partial charge in [-0.25, -0.2) is 0 Å². The standard InChI is InChI=1S/C19H26N2O5/c1-15(16-8-4-2-5-9-16)19(25)21-11-7-3-6-10-20(12-18(23)24)17(22)13-26-14-21/h2,4-5,8-9,15H,3,6-7,10-14H2,1H3,(H,23,24). The van der Waals surface area contributed by atoms with Crippen LogP contribution < -0.4 is 0 Å². The van der Waals surface area contributed by atoms with E-state index in [1.54, 1.807) is 4.90 Å². The first-order valence-corrected chi connectivity index (χ1v) is 8.90. The molecule has 0 radical (unpaired) electrons. The normalized spacial score (nSPS) is 18.1. The number of carboxylic acid groups (broad SMARTS) is 1. The molecule has 2 amide bonds. The van der Waals surface area contributed by atoms with Crippen LogP contribution >= 0.6 is 0 Å². The minimum atomic E-state index is -1.04. The Kier molecular flexibility index (Phi) is 7.59. The van der Waals surface area contributed by atoms with Gasteiger partial charge in [0.1, 0.15) is 19.9 Å². The van der Waals surface area contributed by atoms with Gasteiger partial charge in [0.25, 0.3) is 0 Å². The summed E-state index contributed by atoms with van der Waals surface area (Å²) in [6, 6.07) is 9.55. The highest BCUT2D eigenvalue weighted by Gasteiger charge is 2.23. The zero-order valence-corrected chi connectivity index (χ0v) is 15.1. The Labute approximate surface area is 153 Å². The van der Waals surface area contributed by atoms with Crippen molar-refractivity contribution >= 4 is 17.8 Å². The molecule has 1 aromatic carbocycles. The van der Waals surface area contributed by atoms with Crippen LogP contribution in [0.2, 0.25) is 0 Å². The van der Waals surface area contributed by atoms with E-state index >= 15 is 0 Å². The van der Waals surface area contributed by atoms with E-state index in [1.165, 1.54) is 4.90 Å². The number of hydrogen-bond donors (Lipinski definition) is 1. The maximum atomic E-state index is 12.8. The minimum Gasteiger partial charge on any atom is -0.480 e. The fraction of sp³-hybridized carbons (Fsp3) is 0.526. The summed E-state index contributed by atoms with van der Waals surface area (Å²) in [5.74, 6) is -1.73. The molecule has 1 atom stereocenters. The molecule has 0 bridgehead atoms. The van der Waals surface area contributed by atoms with Crippen molar-refractivity contribution in [3.8, 4) is 0 Å². The molecule has 1 fully saturated rings. The van der Waals surface area contributed by atoms with Crippen molar-refractivity contribution < 1.29 is 24.2 Å². The summed E-state index contributed by atoms with van der Waals surface area (Å²) in [5.41, 5.74) is 0.940. The van der Waals surface area contributed by atoms with Crippen LogP contribution in [0.3, 0.4) is 0 Å². The van der Waals surface area contributed by atoms with E-state index in [0.29, 0.717) is 19.5 Å². The Morgan fingerprint density at radius 2 is 1.85 bits per heavy atom. The van der Waals surface area contributed by atoms with Gasteiger partial charge in [0, 0.05) is 13.1 Å². The number of carbonyl (C=O) groups is 3. The van der Waals surface area contributed by atoms with Gasteiger partial charge in [-0.15, -0.1) is 0 Å². The van der Waals surface area contributed by atoms with E-state index in [1.807, 2.05) is 37.3 Å². The van der Waals surface area contributed by atoms with Crippen molar-refractivity contribution in [2.75, 3.05) is 33.0 Å². The Hall–Kier alpha value is -2.41. The molecule has 2 rings (SSSR count). The van der Waals surface area contributed by atoms with Gasteiger partial charge in [0.2, 0.25) is 11.8 Å². The third-order valence-electron chi connectivity index (χ3n) is 4.49. The molecule has 1 N–H and O–H groups in total. The highest BCUT2D eigenvalue weighted by atomic mass is 16.5. The van der Waals surface area contributed by atoms with Gasteiger partial charge >= 0.3 is 5.97 Å². The van der Waals surface area contributed by atoms with Gasteiger partial charge < -0.3 is 19.6 Å². The second-order valence-electron chi connectivity index (χ2n) is 6.48. The Morgan fingerprint density at radius 1 is 1.15 bits per heavy atom. The molecule has 26 heavy (non-hydrogen) atoms. The van der Waals surface area contributed by atoms with Gasteiger partial charge in [-0.05, 0) is 31.7 Å². The van der Waals surface area contributed by atoms with Gasteiger partial charge in [-0.2, -0.15) is 0 Å². The first kappa shape index (κ1) is 19.9. The monoisotopic (exact) mass is 362 g/mol. The quantitative estimate of drug-likeness (QED) is 0.881. The lowest BCUT2D eigenvalue weighted by molar-refractivity contribution is -0.149. The molecule has 1 aromatic rings. The van der Waals surface area contributed by atoms with Crippen LogP contribution in [-0.2, 0) is 19.1 Å². The van der Waals surface area contributed by atoms with Crippen LogP contribution in [0, 0.1) is 0 Å². The van der Waals surface area contributed by atoms with Gasteiger partial charge in [0.05, 0.1) is 5.92 Å². The zero-order valence-electron chi connectivity index (χ0n) is 15.1. The molecule has 7 heteroatoms. The molecule has 1 aliphatic heterocycles. The number of benzene rings is 1. The fourth-order valence-electron chi connectivity index (χ4n) is 2.97. The molecule has 0 spiro atoms. The van der Waals surface area contributed by atoms with E-state index in [2.05, 4.69) is 0 Å². The van der Waals surface area contributed by atoms with Crippen LogP contribution in [-0.4, -0.2) is 65.7 Å². The summed E-state index contributed by atoms with van der Waals surface area (Å²) >= 11 is 0. The van der Waals surface area contributed by atoms with E-state index in [4.69, 9.17) is 9.84 Å². The summed E-state index contributed by atoms with van der Waals surface area (Å²) in [6.07, 6.45) is 2.30. The van der Waals surface area contributed by atoms with E-state index in [-0.39, 0.29) is 37.6 Å². The predicted octanol–water partition coefficient (Wildman–Crippen LogP) is 1.69. The number of amides is 2. The summed E-state index contributed by atoms with van der Waals surface area (Å²) < 4.78 is 5.43. The van der Waals surface area contributed by atoms with Crippen LogP contribution in [0.1, 0.15) is 37.7 Å². The molecule has 0 aliphatic carbocycles. The number of rotatable bonds is 4. The number of aliphatic carboxylic acids is 1. The first-order valence-electron chi connectivity index (χ1n) is 8.90. The van der Waals surface area contributed by atoms with Gasteiger partial charge in [-0.3, -0.25) is 14.4 Å². The van der Waals surface area contributed by atoms with Crippen LogP contribution in [0.15, 0.2) is 30.3 Å². The van der Waals surface area contributed by atoms with Crippen molar-refractivity contribution in [3.63, 3.8) is 0 Å². The summed E-state index contributed by atoms with van der Waals surface area (Å²) in [4.78, 5) is 38.8. The van der Waals surface area contributed by atoms with E-state index < -0.39 is 5.97 Å². The number of nitrogens with zero attached hydrogens (tertiary/aromatic N) is 2. The van der Waals surface area contributed by atoms with Crippen molar-refractivity contribution in [1.82, 2.24) is 9.80 Å². The molecule has 1 unspecified atom stereocenters. The Morgan fingerprint density at radius 3 is 2.54 bits per heavy atom. The maximum absolute atomic E-state index is 12.8. The molecule has 0 aromatic heterocycles. The number of carboxylic acids is 1. The lowest BCUT2D eigenvalue weighted by atomic mass is 10.00. The molecule has 1 saturated heterocycles. The largest absolute Gasteiger partial charge is 0.480 e. The average molecular weight is 362 g/mol. The van der Waals surface area contributed by atoms with Gasteiger partial charge in [-0.1, -0.05) is 30.3 Å². The van der Waals surface area contributed by atoms with Crippen LogP contribution in [0.25, 0.3) is 0 Å². The smallest absolute Gasteiger partial charge is 0.323 e.